The summed E-state index contributed by atoms with van der Waals surface area (Å²) in [7, 11) is 4.26. The molecule has 1 N–H and O–H groups in total. The van der Waals surface area contributed by atoms with Gasteiger partial charge in [0.05, 0.1) is 30.9 Å². The van der Waals surface area contributed by atoms with Crippen molar-refractivity contribution < 1.29 is 9.69 Å². The van der Waals surface area contributed by atoms with E-state index in [1.54, 1.807) is 28.7 Å². The molecule has 0 saturated carbocycles. The predicted octanol–water partition coefficient (Wildman–Crippen LogP) is 3.56. The fraction of sp³-hybridized carbons (Fsp3) is 0.333. The highest BCUT2D eigenvalue weighted by atomic mass is 32.1. The molecule has 1 amide bonds. The first-order valence-corrected chi connectivity index (χ1v) is 10.8. The van der Waals surface area contributed by atoms with E-state index in [0.29, 0.717) is 6.54 Å². The minimum absolute atomic E-state index is 0.00872. The number of fused-ring (bicyclic) bond motifs is 1. The predicted molar refractivity (Wildman–Crippen MR) is 117 cm³/mol. The summed E-state index contributed by atoms with van der Waals surface area (Å²) in [4.78, 5) is 22.0. The summed E-state index contributed by atoms with van der Waals surface area (Å²) in [6.45, 7) is 5.87. The van der Waals surface area contributed by atoms with Gasteiger partial charge in [-0.05, 0) is 48.6 Å². The Hall–Kier alpha value is -2.02. The Morgan fingerprint density at radius 2 is 2.11 bits per heavy atom. The van der Waals surface area contributed by atoms with Crippen molar-refractivity contribution in [1.29, 1.82) is 0 Å². The molecule has 3 rings (SSSR count). The van der Waals surface area contributed by atoms with E-state index in [4.69, 9.17) is 4.98 Å². The van der Waals surface area contributed by atoms with Gasteiger partial charge in [0.15, 0.2) is 5.13 Å². The molecule has 0 aliphatic carbocycles. The summed E-state index contributed by atoms with van der Waals surface area (Å²) in [6, 6.07) is 8.30. The minimum atomic E-state index is -0.00872. The molecule has 0 aliphatic rings. The number of hydrogen-bond acceptors (Lipinski definition) is 4. The average Bonchev–Trinajstić information content (AvgIpc) is 3.25. The van der Waals surface area contributed by atoms with Crippen LogP contribution in [0.5, 0.6) is 0 Å². The van der Waals surface area contributed by atoms with Crippen molar-refractivity contribution in [2.45, 2.75) is 20.3 Å². The first-order chi connectivity index (χ1) is 12.9. The molecule has 0 bridgehead atoms. The third-order valence-electron chi connectivity index (χ3n) is 4.31. The Morgan fingerprint density at radius 3 is 2.81 bits per heavy atom. The van der Waals surface area contributed by atoms with Crippen LogP contribution < -0.4 is 9.80 Å². The molecule has 0 spiro atoms. The maximum absolute atomic E-state index is 12.9. The van der Waals surface area contributed by atoms with E-state index in [2.05, 4.69) is 40.1 Å². The maximum Gasteiger partial charge on any atom is 0.252 e. The molecular weight excluding hydrogens is 374 g/mol. The van der Waals surface area contributed by atoms with E-state index in [0.717, 1.165) is 38.8 Å². The minimum Gasteiger partial charge on any atom is -0.340 e. The van der Waals surface area contributed by atoms with Crippen LogP contribution in [-0.4, -0.2) is 38.1 Å². The van der Waals surface area contributed by atoms with E-state index in [1.807, 2.05) is 28.5 Å². The maximum atomic E-state index is 12.9. The molecule has 6 heteroatoms. The summed E-state index contributed by atoms with van der Waals surface area (Å²) in [5.41, 5.74) is 3.38. The first kappa shape index (κ1) is 19.7. The van der Waals surface area contributed by atoms with Crippen LogP contribution in [0.15, 0.2) is 35.7 Å². The lowest BCUT2D eigenvalue weighted by Crippen LogP contribution is -3.05. The number of benzene rings is 1. The summed E-state index contributed by atoms with van der Waals surface area (Å²) in [5.74, 6) is -0.00872. The van der Waals surface area contributed by atoms with Crippen LogP contribution >= 0.6 is 22.7 Å². The van der Waals surface area contributed by atoms with Gasteiger partial charge in [-0.25, -0.2) is 4.98 Å². The molecular formula is C21H26N3OS2+. The number of nitrogens with one attached hydrogen (secondary N) is 1. The number of quaternary nitrogens is 1. The lowest BCUT2D eigenvalue weighted by atomic mass is 10.1. The fourth-order valence-corrected chi connectivity index (χ4v) is 4.79. The zero-order valence-electron chi connectivity index (χ0n) is 16.3. The lowest BCUT2D eigenvalue weighted by Gasteiger charge is -2.18. The molecule has 2 heterocycles. The number of thiophene rings is 1. The van der Waals surface area contributed by atoms with Crippen molar-refractivity contribution in [2.75, 3.05) is 32.1 Å². The van der Waals surface area contributed by atoms with Gasteiger partial charge in [0.25, 0.3) is 5.91 Å². The summed E-state index contributed by atoms with van der Waals surface area (Å²) in [6.07, 6.45) is 4.49. The molecule has 3 aromatic rings. The van der Waals surface area contributed by atoms with Crippen LogP contribution in [-0.2, 0) is 4.79 Å². The zero-order chi connectivity index (χ0) is 19.4. The van der Waals surface area contributed by atoms with Crippen molar-refractivity contribution in [3.8, 4) is 0 Å². The van der Waals surface area contributed by atoms with Gasteiger partial charge in [-0.1, -0.05) is 23.5 Å². The van der Waals surface area contributed by atoms with E-state index in [-0.39, 0.29) is 5.91 Å². The van der Waals surface area contributed by atoms with Gasteiger partial charge in [-0.15, -0.1) is 11.3 Å². The topological polar surface area (TPSA) is 37.6 Å². The van der Waals surface area contributed by atoms with E-state index in [9.17, 15) is 4.79 Å². The van der Waals surface area contributed by atoms with Gasteiger partial charge in [-0.3, -0.25) is 9.69 Å². The van der Waals surface area contributed by atoms with Crippen LogP contribution in [0.1, 0.15) is 22.4 Å². The zero-order valence-corrected chi connectivity index (χ0v) is 17.9. The molecule has 2 aromatic heterocycles. The number of anilines is 1. The smallest absolute Gasteiger partial charge is 0.252 e. The molecule has 27 heavy (non-hydrogen) atoms. The van der Waals surface area contributed by atoms with Gasteiger partial charge in [0.2, 0.25) is 0 Å². The number of aryl methyl sites for hydroxylation is 2. The number of thiazole rings is 1. The van der Waals surface area contributed by atoms with Gasteiger partial charge < -0.3 is 4.90 Å². The SMILES string of the molecule is Cc1cc(C)c2nc(N(CCC[NH+](C)C)C(=O)/C=C/c3cccs3)sc2c1. The Kier molecular flexibility index (Phi) is 6.42. The summed E-state index contributed by atoms with van der Waals surface area (Å²) >= 11 is 3.23. The number of carbonyl (C=O) groups is 1. The van der Waals surface area contributed by atoms with Crippen LogP contribution in [0.25, 0.3) is 16.3 Å². The molecule has 0 saturated heterocycles. The number of hydrogen-bond donors (Lipinski definition) is 1. The van der Waals surface area contributed by atoms with Crippen LogP contribution in [0.3, 0.4) is 0 Å². The normalized spacial score (nSPS) is 11.7. The Morgan fingerprint density at radius 1 is 1.30 bits per heavy atom. The largest absolute Gasteiger partial charge is 0.340 e. The second kappa shape index (κ2) is 8.78. The van der Waals surface area contributed by atoms with Crippen LogP contribution in [0, 0.1) is 13.8 Å². The molecule has 0 radical (unpaired) electrons. The highest BCUT2D eigenvalue weighted by molar-refractivity contribution is 7.22. The van der Waals surface area contributed by atoms with Gasteiger partial charge >= 0.3 is 0 Å². The molecule has 142 valence electrons. The molecule has 0 unspecified atom stereocenters. The van der Waals surface area contributed by atoms with Gasteiger partial charge in [0.1, 0.15) is 0 Å². The third kappa shape index (κ3) is 5.03. The van der Waals surface area contributed by atoms with Crippen molar-refractivity contribution in [2.24, 2.45) is 0 Å². The highest BCUT2D eigenvalue weighted by Gasteiger charge is 2.19. The highest BCUT2D eigenvalue weighted by Crippen LogP contribution is 2.32. The van der Waals surface area contributed by atoms with E-state index < -0.39 is 0 Å². The molecule has 4 nitrogen and oxygen atoms in total. The second-order valence-corrected chi connectivity index (χ2v) is 9.06. The monoisotopic (exact) mass is 400 g/mol. The molecule has 0 aliphatic heterocycles. The molecule has 1 aromatic carbocycles. The summed E-state index contributed by atoms with van der Waals surface area (Å²) in [5, 5.41) is 2.80. The Labute approximate surface area is 168 Å². The van der Waals surface area contributed by atoms with Crippen molar-refractivity contribution in [1.82, 2.24) is 4.98 Å². The van der Waals surface area contributed by atoms with Crippen molar-refractivity contribution >= 4 is 50.0 Å². The standard InChI is InChI=1S/C21H25N3OS2/c1-15-13-16(2)20-18(14-15)27-21(22-20)24(11-6-10-23(3)4)19(25)9-8-17-7-5-12-26-17/h5,7-9,12-14H,6,10-11H2,1-4H3/p+1/b9-8+. The second-order valence-electron chi connectivity index (χ2n) is 7.07. The number of rotatable bonds is 7. The molecule has 0 fully saturated rings. The lowest BCUT2D eigenvalue weighted by molar-refractivity contribution is -0.858. The third-order valence-corrected chi connectivity index (χ3v) is 6.17. The van der Waals surface area contributed by atoms with Crippen LogP contribution in [0.4, 0.5) is 5.13 Å². The van der Waals surface area contributed by atoms with Crippen LogP contribution in [0.2, 0.25) is 0 Å². The molecule has 0 atom stereocenters. The quantitative estimate of drug-likeness (QED) is 0.616. The van der Waals surface area contributed by atoms with E-state index in [1.165, 1.54) is 10.5 Å². The Bertz CT molecular complexity index is 942. The van der Waals surface area contributed by atoms with Gasteiger partial charge in [-0.2, -0.15) is 0 Å². The van der Waals surface area contributed by atoms with E-state index >= 15 is 0 Å². The van der Waals surface area contributed by atoms with Crippen molar-refractivity contribution in [3.05, 3.63) is 51.7 Å². The van der Waals surface area contributed by atoms with Gasteiger partial charge in [0, 0.05) is 23.9 Å². The number of amides is 1. The Balaban J connectivity index is 1.88. The summed E-state index contributed by atoms with van der Waals surface area (Å²) < 4.78 is 1.14. The number of carbonyl (C=O) groups excluding carboxylic acids is 1. The number of nitrogens with zero attached hydrogens (tertiary/aromatic N) is 2. The average molecular weight is 401 g/mol. The fourth-order valence-electron chi connectivity index (χ4n) is 2.99. The number of aromatic nitrogens is 1. The van der Waals surface area contributed by atoms with Crippen molar-refractivity contribution in [3.63, 3.8) is 0 Å². The first-order valence-electron chi connectivity index (χ1n) is 9.14.